The second kappa shape index (κ2) is 6.08. The van der Waals surface area contributed by atoms with Gasteiger partial charge in [0.2, 0.25) is 0 Å². The van der Waals surface area contributed by atoms with Gasteiger partial charge in [0.15, 0.2) is 0 Å². The Hall–Kier alpha value is -1.51. The lowest BCUT2D eigenvalue weighted by atomic mass is 9.68. The molecule has 1 aromatic carbocycles. The number of benzene rings is 1. The average molecular weight is 287 g/mol. The van der Waals surface area contributed by atoms with Gasteiger partial charge in [-0.05, 0) is 49.3 Å². The Balaban J connectivity index is 1.73. The first kappa shape index (κ1) is 14.4. The largest absolute Gasteiger partial charge is 0.495 e. The van der Waals surface area contributed by atoms with Crippen molar-refractivity contribution in [1.29, 1.82) is 0 Å². The van der Waals surface area contributed by atoms with Crippen LogP contribution >= 0.6 is 0 Å². The van der Waals surface area contributed by atoms with Crippen LogP contribution in [0.3, 0.4) is 0 Å². The summed E-state index contributed by atoms with van der Waals surface area (Å²) in [4.78, 5) is 13.3. The summed E-state index contributed by atoms with van der Waals surface area (Å²) in [5, 5.41) is 0. The van der Waals surface area contributed by atoms with Gasteiger partial charge in [-0.3, -0.25) is 4.79 Å². The predicted molar refractivity (Wildman–Crippen MR) is 85.3 cm³/mol. The van der Waals surface area contributed by atoms with Gasteiger partial charge in [0.1, 0.15) is 12.0 Å². The third-order valence-electron chi connectivity index (χ3n) is 5.42. The standard InChI is InChI=1S/C18H25NO2/c1-21-17-13-15(14-20)5-6-16(17)19-11-9-18(10-12-19)7-3-2-4-8-18/h5-6,13-14H,2-4,7-12H2,1H3. The number of carbonyl (C=O) groups is 1. The van der Waals surface area contributed by atoms with E-state index < -0.39 is 0 Å². The predicted octanol–water partition coefficient (Wildman–Crippen LogP) is 4.06. The van der Waals surface area contributed by atoms with E-state index in [1.165, 1.54) is 44.9 Å². The summed E-state index contributed by atoms with van der Waals surface area (Å²) >= 11 is 0. The van der Waals surface area contributed by atoms with Crippen molar-refractivity contribution in [2.45, 2.75) is 44.9 Å². The van der Waals surface area contributed by atoms with Crippen molar-refractivity contribution in [2.75, 3.05) is 25.1 Å². The highest BCUT2D eigenvalue weighted by Gasteiger charge is 2.35. The van der Waals surface area contributed by atoms with E-state index in [4.69, 9.17) is 4.74 Å². The van der Waals surface area contributed by atoms with Crippen LogP contribution in [0.5, 0.6) is 5.75 Å². The minimum atomic E-state index is 0.616. The van der Waals surface area contributed by atoms with Crippen LogP contribution in [0.15, 0.2) is 18.2 Å². The number of ether oxygens (including phenoxy) is 1. The molecule has 0 radical (unpaired) electrons. The number of nitrogens with zero attached hydrogens (tertiary/aromatic N) is 1. The fraction of sp³-hybridized carbons (Fsp3) is 0.611. The fourth-order valence-corrected chi connectivity index (χ4v) is 4.05. The van der Waals surface area contributed by atoms with Crippen molar-refractivity contribution in [3.8, 4) is 5.75 Å². The molecule has 0 N–H and O–H groups in total. The van der Waals surface area contributed by atoms with E-state index in [0.717, 1.165) is 30.8 Å². The van der Waals surface area contributed by atoms with Crippen LogP contribution in [0.1, 0.15) is 55.3 Å². The van der Waals surface area contributed by atoms with Crippen molar-refractivity contribution in [3.63, 3.8) is 0 Å². The number of carbonyl (C=O) groups excluding carboxylic acids is 1. The van der Waals surface area contributed by atoms with Gasteiger partial charge < -0.3 is 9.64 Å². The maximum absolute atomic E-state index is 10.9. The topological polar surface area (TPSA) is 29.5 Å². The molecule has 3 rings (SSSR count). The van der Waals surface area contributed by atoms with Gasteiger partial charge in [-0.2, -0.15) is 0 Å². The Kier molecular flexibility index (Phi) is 4.18. The first-order valence-electron chi connectivity index (χ1n) is 8.15. The Bertz CT molecular complexity index is 496. The molecule has 21 heavy (non-hydrogen) atoms. The monoisotopic (exact) mass is 287 g/mol. The molecule has 0 amide bonds. The molecule has 1 aliphatic heterocycles. The SMILES string of the molecule is COc1cc(C=O)ccc1N1CCC2(CCCCC2)CC1. The van der Waals surface area contributed by atoms with E-state index in [-0.39, 0.29) is 0 Å². The second-order valence-electron chi connectivity index (χ2n) is 6.60. The van der Waals surface area contributed by atoms with Crippen molar-refractivity contribution in [2.24, 2.45) is 5.41 Å². The summed E-state index contributed by atoms with van der Waals surface area (Å²) in [5.74, 6) is 0.819. The molecule has 1 spiro atoms. The zero-order valence-electron chi connectivity index (χ0n) is 12.9. The zero-order chi connectivity index (χ0) is 14.7. The van der Waals surface area contributed by atoms with Crippen molar-refractivity contribution < 1.29 is 9.53 Å². The third-order valence-corrected chi connectivity index (χ3v) is 5.42. The van der Waals surface area contributed by atoms with Crippen LogP contribution in [0, 0.1) is 5.41 Å². The Morgan fingerprint density at radius 3 is 2.43 bits per heavy atom. The van der Waals surface area contributed by atoms with Gasteiger partial charge in [-0.25, -0.2) is 0 Å². The Morgan fingerprint density at radius 2 is 1.81 bits per heavy atom. The van der Waals surface area contributed by atoms with Crippen LogP contribution in [0.4, 0.5) is 5.69 Å². The van der Waals surface area contributed by atoms with E-state index in [1.54, 1.807) is 7.11 Å². The van der Waals surface area contributed by atoms with E-state index in [0.29, 0.717) is 11.0 Å². The van der Waals surface area contributed by atoms with E-state index in [9.17, 15) is 4.79 Å². The number of methoxy groups -OCH3 is 1. The van der Waals surface area contributed by atoms with E-state index in [2.05, 4.69) is 4.90 Å². The zero-order valence-corrected chi connectivity index (χ0v) is 12.9. The minimum Gasteiger partial charge on any atom is -0.495 e. The molecule has 3 heteroatoms. The molecule has 0 unspecified atom stereocenters. The smallest absolute Gasteiger partial charge is 0.150 e. The van der Waals surface area contributed by atoms with Crippen molar-refractivity contribution in [3.05, 3.63) is 23.8 Å². The highest BCUT2D eigenvalue weighted by molar-refractivity contribution is 5.78. The molecule has 2 aliphatic rings. The molecule has 3 nitrogen and oxygen atoms in total. The lowest BCUT2D eigenvalue weighted by molar-refractivity contribution is 0.112. The molecule has 1 heterocycles. The van der Waals surface area contributed by atoms with Gasteiger partial charge in [-0.15, -0.1) is 0 Å². The molecule has 0 aromatic heterocycles. The minimum absolute atomic E-state index is 0.616. The number of piperidine rings is 1. The van der Waals surface area contributed by atoms with Gasteiger partial charge in [0.25, 0.3) is 0 Å². The van der Waals surface area contributed by atoms with E-state index in [1.807, 2.05) is 18.2 Å². The lowest BCUT2D eigenvalue weighted by Crippen LogP contribution is -2.41. The summed E-state index contributed by atoms with van der Waals surface area (Å²) in [6.07, 6.45) is 10.6. The van der Waals surface area contributed by atoms with Crippen LogP contribution in [0.2, 0.25) is 0 Å². The number of aldehydes is 1. The summed E-state index contributed by atoms with van der Waals surface area (Å²) in [6.45, 7) is 2.22. The van der Waals surface area contributed by atoms with Gasteiger partial charge in [-0.1, -0.05) is 19.3 Å². The molecule has 1 saturated carbocycles. The number of rotatable bonds is 3. The number of hydrogen-bond donors (Lipinski definition) is 0. The molecule has 1 aromatic rings. The molecule has 1 aliphatic carbocycles. The normalized spacial score (nSPS) is 21.3. The molecule has 2 fully saturated rings. The summed E-state index contributed by atoms with van der Waals surface area (Å²) in [7, 11) is 1.68. The first-order valence-corrected chi connectivity index (χ1v) is 8.15. The number of hydrogen-bond acceptors (Lipinski definition) is 3. The van der Waals surface area contributed by atoms with Gasteiger partial charge in [0.05, 0.1) is 12.8 Å². The molecular formula is C18H25NO2. The second-order valence-corrected chi connectivity index (χ2v) is 6.60. The van der Waals surface area contributed by atoms with Crippen LogP contribution in [-0.4, -0.2) is 26.5 Å². The lowest BCUT2D eigenvalue weighted by Gasteiger charge is -2.45. The summed E-state index contributed by atoms with van der Waals surface area (Å²) in [6, 6.07) is 5.75. The third kappa shape index (κ3) is 2.92. The molecule has 0 bridgehead atoms. The van der Waals surface area contributed by atoms with Crippen LogP contribution in [-0.2, 0) is 0 Å². The highest BCUT2D eigenvalue weighted by Crippen LogP contribution is 2.45. The highest BCUT2D eigenvalue weighted by atomic mass is 16.5. The molecular weight excluding hydrogens is 262 g/mol. The maximum atomic E-state index is 10.9. The van der Waals surface area contributed by atoms with Crippen molar-refractivity contribution in [1.82, 2.24) is 0 Å². The quantitative estimate of drug-likeness (QED) is 0.785. The van der Waals surface area contributed by atoms with Crippen molar-refractivity contribution >= 4 is 12.0 Å². The van der Waals surface area contributed by atoms with Gasteiger partial charge >= 0.3 is 0 Å². The van der Waals surface area contributed by atoms with Gasteiger partial charge in [0, 0.05) is 18.7 Å². The summed E-state index contributed by atoms with van der Waals surface area (Å²) in [5.41, 5.74) is 2.43. The maximum Gasteiger partial charge on any atom is 0.150 e. The Labute approximate surface area is 127 Å². The van der Waals surface area contributed by atoms with Crippen LogP contribution in [0.25, 0.3) is 0 Å². The Morgan fingerprint density at radius 1 is 1.10 bits per heavy atom. The first-order chi connectivity index (χ1) is 10.3. The molecule has 0 atom stereocenters. The van der Waals surface area contributed by atoms with E-state index >= 15 is 0 Å². The molecule has 114 valence electrons. The average Bonchev–Trinajstić information content (AvgIpc) is 2.56. The fourth-order valence-electron chi connectivity index (χ4n) is 4.05. The van der Waals surface area contributed by atoms with Crippen LogP contribution < -0.4 is 9.64 Å². The summed E-state index contributed by atoms with van der Waals surface area (Å²) < 4.78 is 5.48. The number of anilines is 1. The molecule has 1 saturated heterocycles.